The highest BCUT2D eigenvalue weighted by atomic mass is 19.4. The summed E-state index contributed by atoms with van der Waals surface area (Å²) in [5.74, 6) is -0.194. The van der Waals surface area contributed by atoms with Crippen molar-refractivity contribution < 1.29 is 27.8 Å². The monoisotopic (exact) mass is 343 g/mol. The number of halogens is 3. The molecule has 3 rings (SSSR count). The molecule has 4 nitrogen and oxygen atoms in total. The van der Waals surface area contributed by atoms with E-state index >= 15 is 0 Å². The molecule has 0 aliphatic carbocycles. The Morgan fingerprint density at radius 3 is 2.46 bits per heavy atom. The minimum atomic E-state index is -4.39. The predicted octanol–water partition coefficient (Wildman–Crippen LogP) is 2.91. The molecule has 2 aliphatic heterocycles. The Morgan fingerprint density at radius 2 is 1.92 bits per heavy atom. The van der Waals surface area contributed by atoms with Gasteiger partial charge in [-0.25, -0.2) is 0 Å². The van der Waals surface area contributed by atoms with Crippen molar-refractivity contribution in [2.75, 3.05) is 6.54 Å². The molecule has 2 saturated heterocycles. The van der Waals surface area contributed by atoms with Gasteiger partial charge in [-0.2, -0.15) is 13.2 Å². The summed E-state index contributed by atoms with van der Waals surface area (Å²) >= 11 is 0. The number of nitrogens with zero attached hydrogens (tertiary/aromatic N) is 1. The third-order valence-corrected chi connectivity index (χ3v) is 4.69. The van der Waals surface area contributed by atoms with Crippen molar-refractivity contribution in [2.24, 2.45) is 0 Å². The fourth-order valence-corrected chi connectivity index (χ4v) is 3.44. The molecule has 1 N–H and O–H groups in total. The molecule has 132 valence electrons. The molecule has 2 heterocycles. The molecule has 0 saturated carbocycles. The summed E-state index contributed by atoms with van der Waals surface area (Å²) in [5.41, 5.74) is -0.130. The fourth-order valence-electron chi connectivity index (χ4n) is 3.44. The lowest BCUT2D eigenvalue weighted by Crippen LogP contribution is -2.39. The highest BCUT2D eigenvalue weighted by Crippen LogP contribution is 2.36. The van der Waals surface area contributed by atoms with Gasteiger partial charge in [-0.05, 0) is 43.9 Å². The van der Waals surface area contributed by atoms with E-state index in [-0.39, 0.29) is 18.6 Å². The number of aliphatic hydroxyl groups is 1. The molecule has 7 heteroatoms. The first-order valence-electron chi connectivity index (χ1n) is 8.07. The molecule has 0 unspecified atom stereocenters. The normalized spacial score (nSPS) is 30.8. The topological polar surface area (TPSA) is 49.8 Å². The molecular formula is C17H20F3NO3. The Bertz CT molecular complexity index is 602. The lowest BCUT2D eigenvalue weighted by Gasteiger charge is -2.27. The first-order valence-corrected chi connectivity index (χ1v) is 8.07. The van der Waals surface area contributed by atoms with Crippen LogP contribution in [0.15, 0.2) is 24.3 Å². The minimum Gasteiger partial charge on any atom is -0.391 e. The number of likely N-dealkylation sites (tertiary alicyclic amines) is 1. The maximum absolute atomic E-state index is 12.7. The average Bonchev–Trinajstić information content (AvgIpc) is 3.12. The van der Waals surface area contributed by atoms with Gasteiger partial charge in [0.1, 0.15) is 6.10 Å². The van der Waals surface area contributed by atoms with Gasteiger partial charge in [-0.15, -0.1) is 0 Å². The molecule has 1 aromatic rings. The van der Waals surface area contributed by atoms with Crippen LogP contribution in [-0.2, 0) is 15.7 Å². The molecule has 24 heavy (non-hydrogen) atoms. The Morgan fingerprint density at radius 1 is 1.25 bits per heavy atom. The van der Waals surface area contributed by atoms with Crippen LogP contribution in [0.1, 0.15) is 43.4 Å². The largest absolute Gasteiger partial charge is 0.416 e. The van der Waals surface area contributed by atoms with E-state index in [0.717, 1.165) is 18.6 Å². The van der Waals surface area contributed by atoms with Gasteiger partial charge >= 0.3 is 6.18 Å². The number of hydrogen-bond acceptors (Lipinski definition) is 3. The van der Waals surface area contributed by atoms with Crippen LogP contribution in [0.5, 0.6) is 0 Å². The van der Waals surface area contributed by atoms with E-state index in [9.17, 15) is 23.1 Å². The first kappa shape index (κ1) is 17.2. The maximum atomic E-state index is 12.7. The fraction of sp³-hybridized carbons (Fsp3) is 0.588. The van der Waals surface area contributed by atoms with Gasteiger partial charge in [0, 0.05) is 6.54 Å². The number of ether oxygens (including phenoxy) is 1. The number of aliphatic hydroxyl groups excluding tert-OH is 1. The van der Waals surface area contributed by atoms with Gasteiger partial charge in [0.25, 0.3) is 5.91 Å². The van der Waals surface area contributed by atoms with Gasteiger partial charge in [0.15, 0.2) is 0 Å². The number of rotatable bonds is 2. The zero-order valence-electron chi connectivity index (χ0n) is 13.3. The van der Waals surface area contributed by atoms with Gasteiger partial charge < -0.3 is 14.7 Å². The van der Waals surface area contributed by atoms with Crippen molar-refractivity contribution in [3.8, 4) is 0 Å². The molecular weight excluding hydrogens is 323 g/mol. The quantitative estimate of drug-likeness (QED) is 0.898. The summed E-state index contributed by atoms with van der Waals surface area (Å²) in [6.45, 7) is 2.08. The van der Waals surface area contributed by atoms with E-state index in [1.165, 1.54) is 17.0 Å². The molecule has 0 spiro atoms. The third kappa shape index (κ3) is 3.42. The molecule has 0 radical (unpaired) electrons. The molecule has 1 amide bonds. The van der Waals surface area contributed by atoms with Crippen molar-refractivity contribution in [1.29, 1.82) is 0 Å². The van der Waals surface area contributed by atoms with Crippen molar-refractivity contribution in [1.82, 2.24) is 4.90 Å². The van der Waals surface area contributed by atoms with Gasteiger partial charge in [0.05, 0.1) is 23.8 Å². The molecule has 2 fully saturated rings. The second kappa shape index (κ2) is 6.37. The zero-order chi connectivity index (χ0) is 17.5. The smallest absolute Gasteiger partial charge is 0.391 e. The summed E-state index contributed by atoms with van der Waals surface area (Å²) in [5, 5.41) is 9.94. The van der Waals surface area contributed by atoms with Crippen LogP contribution in [0.3, 0.4) is 0 Å². The number of amides is 1. The Kier molecular flexibility index (Phi) is 4.57. The second-order valence-corrected chi connectivity index (χ2v) is 6.53. The number of carbonyl (C=O) groups is 1. The maximum Gasteiger partial charge on any atom is 0.416 e. The minimum absolute atomic E-state index is 0.0241. The summed E-state index contributed by atoms with van der Waals surface area (Å²) in [7, 11) is 0. The lowest BCUT2D eigenvalue weighted by molar-refractivity contribution is -0.144. The summed E-state index contributed by atoms with van der Waals surface area (Å²) in [4.78, 5) is 14.2. The van der Waals surface area contributed by atoms with E-state index in [2.05, 4.69) is 0 Å². The zero-order valence-corrected chi connectivity index (χ0v) is 13.3. The van der Waals surface area contributed by atoms with Crippen molar-refractivity contribution in [2.45, 2.75) is 56.7 Å². The molecule has 1 aromatic carbocycles. The predicted molar refractivity (Wildman–Crippen MR) is 80.1 cm³/mol. The number of β-amino-alcohol motifs (C(OH)–C–C–N with tert-alkyl or cyclic N) is 1. The summed E-state index contributed by atoms with van der Waals surface area (Å²) in [6.07, 6.45) is -3.82. The average molecular weight is 343 g/mol. The van der Waals surface area contributed by atoms with Crippen LogP contribution < -0.4 is 0 Å². The van der Waals surface area contributed by atoms with E-state index in [1.807, 2.05) is 6.92 Å². The van der Waals surface area contributed by atoms with E-state index < -0.39 is 30.0 Å². The number of alkyl halides is 3. The molecule has 0 bridgehead atoms. The van der Waals surface area contributed by atoms with Crippen molar-refractivity contribution in [3.63, 3.8) is 0 Å². The van der Waals surface area contributed by atoms with E-state index in [0.29, 0.717) is 18.4 Å². The van der Waals surface area contributed by atoms with Crippen LogP contribution in [-0.4, -0.2) is 40.8 Å². The summed E-state index contributed by atoms with van der Waals surface area (Å²) < 4.78 is 43.6. The summed E-state index contributed by atoms with van der Waals surface area (Å²) in [6, 6.07) is 4.36. The number of benzene rings is 1. The lowest BCUT2D eigenvalue weighted by atomic mass is 10.0. The Labute approximate surface area is 138 Å². The Balaban J connectivity index is 1.79. The van der Waals surface area contributed by atoms with Crippen LogP contribution in [0, 0.1) is 0 Å². The van der Waals surface area contributed by atoms with Crippen LogP contribution in [0.25, 0.3) is 0 Å². The standard InChI is InChI=1S/C17H20F3NO3/c1-10-2-7-15(24-10)16(23)21-9-13(22)8-14(21)11-3-5-12(6-4-11)17(18,19)20/h3-6,10,13-15,22H,2,7-9H2,1H3/t10-,13-,14-,15-/m1/s1. The molecule has 2 aliphatic rings. The SMILES string of the molecule is C[C@@H]1CC[C@H](C(=O)N2C[C@H](O)C[C@@H]2c2ccc(C(F)(F)F)cc2)O1. The number of carbonyl (C=O) groups excluding carboxylic acids is 1. The van der Waals surface area contributed by atoms with E-state index in [1.54, 1.807) is 0 Å². The highest BCUT2D eigenvalue weighted by molar-refractivity contribution is 5.82. The van der Waals surface area contributed by atoms with Crippen LogP contribution >= 0.6 is 0 Å². The van der Waals surface area contributed by atoms with E-state index in [4.69, 9.17) is 4.74 Å². The third-order valence-electron chi connectivity index (χ3n) is 4.69. The van der Waals surface area contributed by atoms with Crippen LogP contribution in [0.2, 0.25) is 0 Å². The molecule has 4 atom stereocenters. The Hall–Kier alpha value is -1.60. The van der Waals surface area contributed by atoms with Gasteiger partial charge in [-0.1, -0.05) is 12.1 Å². The second-order valence-electron chi connectivity index (χ2n) is 6.53. The van der Waals surface area contributed by atoms with Gasteiger partial charge in [0.2, 0.25) is 0 Å². The molecule has 0 aromatic heterocycles. The highest BCUT2D eigenvalue weighted by Gasteiger charge is 2.40. The first-order chi connectivity index (χ1) is 11.3. The van der Waals surface area contributed by atoms with Gasteiger partial charge in [-0.3, -0.25) is 4.79 Å². The van der Waals surface area contributed by atoms with Crippen molar-refractivity contribution in [3.05, 3.63) is 35.4 Å². The van der Waals surface area contributed by atoms with Crippen LogP contribution in [0.4, 0.5) is 13.2 Å². The van der Waals surface area contributed by atoms with Crippen molar-refractivity contribution >= 4 is 5.91 Å². The number of hydrogen-bond donors (Lipinski definition) is 1.